The summed E-state index contributed by atoms with van der Waals surface area (Å²) in [7, 11) is 0. The summed E-state index contributed by atoms with van der Waals surface area (Å²) in [5, 5.41) is 5.88. The first-order valence-corrected chi connectivity index (χ1v) is 7.75. The fourth-order valence-electron chi connectivity index (χ4n) is 2.38. The summed E-state index contributed by atoms with van der Waals surface area (Å²) in [6.07, 6.45) is 2.15. The van der Waals surface area contributed by atoms with E-state index in [0.29, 0.717) is 17.9 Å². The Labute approximate surface area is 130 Å². The molecule has 1 heterocycles. The van der Waals surface area contributed by atoms with Crippen molar-refractivity contribution in [2.24, 2.45) is 0 Å². The van der Waals surface area contributed by atoms with Crippen LogP contribution >= 0.6 is 15.9 Å². The normalized spacial score (nSPS) is 14.4. The fraction of sp³-hybridized carbons (Fsp3) is 0.400. The Kier molecular flexibility index (Phi) is 3.80. The lowest BCUT2D eigenvalue weighted by molar-refractivity contribution is -0.144. The van der Waals surface area contributed by atoms with Crippen molar-refractivity contribution in [1.29, 1.82) is 0 Å². The van der Waals surface area contributed by atoms with Gasteiger partial charge in [0, 0.05) is 15.8 Å². The van der Waals surface area contributed by atoms with Crippen LogP contribution in [0.4, 0.5) is 0 Å². The van der Waals surface area contributed by atoms with Gasteiger partial charge in [-0.3, -0.25) is 9.59 Å². The molecule has 0 radical (unpaired) electrons. The molecule has 2 aromatic rings. The van der Waals surface area contributed by atoms with Crippen molar-refractivity contribution in [2.75, 3.05) is 6.61 Å². The summed E-state index contributed by atoms with van der Waals surface area (Å²) in [6, 6.07) is 5.53. The lowest BCUT2D eigenvalue weighted by Gasteiger charge is -2.10. The van der Waals surface area contributed by atoms with Gasteiger partial charge in [0.25, 0.3) is 5.56 Å². The van der Waals surface area contributed by atoms with Gasteiger partial charge < -0.3 is 4.74 Å². The summed E-state index contributed by atoms with van der Waals surface area (Å²) < 4.78 is 7.04. The number of ether oxygens (including phenoxy) is 1. The van der Waals surface area contributed by atoms with E-state index in [1.165, 1.54) is 4.68 Å². The number of carbonyl (C=O) groups is 1. The van der Waals surface area contributed by atoms with E-state index in [1.54, 1.807) is 13.0 Å². The van der Waals surface area contributed by atoms with Gasteiger partial charge in [-0.15, -0.1) is 0 Å². The summed E-state index contributed by atoms with van der Waals surface area (Å²) >= 11 is 3.43. The predicted octanol–water partition coefficient (Wildman–Crippen LogP) is 2.60. The Morgan fingerprint density at radius 1 is 1.43 bits per heavy atom. The SMILES string of the molecule is CCOC(=O)Cn1nc(C2CC2)c2cc(Br)ccc2c1=O. The first kappa shape index (κ1) is 14.3. The average Bonchev–Trinajstić information content (AvgIpc) is 3.26. The third-order valence-electron chi connectivity index (χ3n) is 3.50. The minimum absolute atomic E-state index is 0.140. The van der Waals surface area contributed by atoms with Gasteiger partial charge in [0.05, 0.1) is 17.7 Å². The van der Waals surface area contributed by atoms with Gasteiger partial charge in [0.15, 0.2) is 0 Å². The van der Waals surface area contributed by atoms with Crippen LogP contribution in [0, 0.1) is 0 Å². The number of benzene rings is 1. The van der Waals surface area contributed by atoms with E-state index < -0.39 is 5.97 Å². The van der Waals surface area contributed by atoms with Crippen LogP contribution in [0.3, 0.4) is 0 Å². The number of hydrogen-bond donors (Lipinski definition) is 0. The van der Waals surface area contributed by atoms with E-state index in [2.05, 4.69) is 21.0 Å². The lowest BCUT2D eigenvalue weighted by atomic mass is 10.1. The molecule has 0 saturated heterocycles. The topological polar surface area (TPSA) is 61.2 Å². The van der Waals surface area contributed by atoms with Gasteiger partial charge >= 0.3 is 5.97 Å². The molecule has 1 aromatic carbocycles. The standard InChI is InChI=1S/C15H15BrN2O3/c1-2-21-13(19)8-18-15(20)11-6-5-10(16)7-12(11)14(17-18)9-3-4-9/h5-7,9H,2-4,8H2,1H3. The molecular formula is C15H15BrN2O3. The summed E-state index contributed by atoms with van der Waals surface area (Å²) in [6.45, 7) is 1.89. The highest BCUT2D eigenvalue weighted by atomic mass is 79.9. The van der Waals surface area contributed by atoms with Crippen molar-refractivity contribution >= 4 is 32.7 Å². The maximum absolute atomic E-state index is 12.5. The van der Waals surface area contributed by atoms with Crippen LogP contribution in [-0.2, 0) is 16.1 Å². The second kappa shape index (κ2) is 5.60. The Hall–Kier alpha value is -1.69. The van der Waals surface area contributed by atoms with Crippen LogP contribution in [0.5, 0.6) is 0 Å². The lowest BCUT2D eigenvalue weighted by Crippen LogP contribution is -2.29. The third-order valence-corrected chi connectivity index (χ3v) is 3.99. The van der Waals surface area contributed by atoms with Crippen LogP contribution in [0.2, 0.25) is 0 Å². The maximum atomic E-state index is 12.5. The average molecular weight is 351 g/mol. The van der Waals surface area contributed by atoms with Gasteiger partial charge in [-0.05, 0) is 38.0 Å². The number of halogens is 1. The number of hydrogen-bond acceptors (Lipinski definition) is 4. The number of rotatable bonds is 4. The highest BCUT2D eigenvalue weighted by Crippen LogP contribution is 2.41. The molecule has 1 fully saturated rings. The van der Waals surface area contributed by atoms with Gasteiger partial charge in [-0.2, -0.15) is 5.10 Å². The third kappa shape index (κ3) is 2.85. The highest BCUT2D eigenvalue weighted by Gasteiger charge is 2.28. The molecule has 0 aliphatic heterocycles. The van der Waals surface area contributed by atoms with E-state index in [-0.39, 0.29) is 12.1 Å². The minimum atomic E-state index is -0.440. The van der Waals surface area contributed by atoms with E-state index in [9.17, 15) is 9.59 Å². The van der Waals surface area contributed by atoms with Gasteiger partial charge in [0.1, 0.15) is 6.54 Å². The predicted molar refractivity (Wildman–Crippen MR) is 82.3 cm³/mol. The second-order valence-electron chi connectivity index (χ2n) is 5.12. The first-order valence-electron chi connectivity index (χ1n) is 6.96. The van der Waals surface area contributed by atoms with Crippen LogP contribution in [0.25, 0.3) is 10.8 Å². The number of fused-ring (bicyclic) bond motifs is 1. The molecule has 0 atom stereocenters. The fourth-order valence-corrected chi connectivity index (χ4v) is 2.74. The number of aromatic nitrogens is 2. The van der Waals surface area contributed by atoms with Crippen LogP contribution in [0.15, 0.2) is 27.5 Å². The minimum Gasteiger partial charge on any atom is -0.465 e. The zero-order valence-corrected chi connectivity index (χ0v) is 13.2. The molecule has 1 aromatic heterocycles. The van der Waals surface area contributed by atoms with Crippen molar-refractivity contribution in [3.05, 3.63) is 38.7 Å². The van der Waals surface area contributed by atoms with Crippen molar-refractivity contribution in [1.82, 2.24) is 9.78 Å². The Balaban J connectivity index is 2.13. The molecule has 0 spiro atoms. The Morgan fingerprint density at radius 2 is 2.19 bits per heavy atom. The first-order chi connectivity index (χ1) is 10.1. The molecule has 6 heteroatoms. The molecule has 1 aliphatic carbocycles. The van der Waals surface area contributed by atoms with Gasteiger partial charge in [-0.1, -0.05) is 15.9 Å². The largest absolute Gasteiger partial charge is 0.465 e. The molecule has 0 bridgehead atoms. The van der Waals surface area contributed by atoms with E-state index >= 15 is 0 Å². The quantitative estimate of drug-likeness (QED) is 0.795. The molecule has 0 N–H and O–H groups in total. The molecule has 21 heavy (non-hydrogen) atoms. The van der Waals surface area contributed by atoms with E-state index in [0.717, 1.165) is 28.4 Å². The zero-order chi connectivity index (χ0) is 15.0. The maximum Gasteiger partial charge on any atom is 0.327 e. The number of carbonyl (C=O) groups excluding carboxylic acids is 1. The number of esters is 1. The van der Waals surface area contributed by atoms with E-state index in [4.69, 9.17) is 4.74 Å². The Morgan fingerprint density at radius 3 is 2.86 bits per heavy atom. The smallest absolute Gasteiger partial charge is 0.327 e. The van der Waals surface area contributed by atoms with Crippen LogP contribution in [0.1, 0.15) is 31.4 Å². The van der Waals surface area contributed by atoms with E-state index in [1.807, 2.05) is 12.1 Å². The number of nitrogens with zero attached hydrogens (tertiary/aromatic N) is 2. The highest BCUT2D eigenvalue weighted by molar-refractivity contribution is 9.10. The molecule has 0 amide bonds. The molecule has 0 unspecified atom stereocenters. The molecule has 1 aliphatic rings. The second-order valence-corrected chi connectivity index (χ2v) is 6.03. The monoisotopic (exact) mass is 350 g/mol. The van der Waals surface area contributed by atoms with Crippen molar-refractivity contribution in [3.63, 3.8) is 0 Å². The van der Waals surface area contributed by atoms with Crippen LogP contribution < -0.4 is 5.56 Å². The molecule has 1 saturated carbocycles. The van der Waals surface area contributed by atoms with Crippen molar-refractivity contribution < 1.29 is 9.53 Å². The Bertz CT molecular complexity index is 765. The zero-order valence-electron chi connectivity index (χ0n) is 11.6. The van der Waals surface area contributed by atoms with Crippen molar-refractivity contribution in [2.45, 2.75) is 32.2 Å². The summed E-state index contributed by atoms with van der Waals surface area (Å²) in [5.74, 6) is -0.0545. The van der Waals surface area contributed by atoms with Gasteiger partial charge in [-0.25, -0.2) is 4.68 Å². The molecule has 110 valence electrons. The summed E-state index contributed by atoms with van der Waals surface area (Å²) in [5.41, 5.74) is 0.644. The van der Waals surface area contributed by atoms with Crippen molar-refractivity contribution in [3.8, 4) is 0 Å². The van der Waals surface area contributed by atoms with Gasteiger partial charge in [0.2, 0.25) is 0 Å². The van der Waals surface area contributed by atoms with Crippen LogP contribution in [-0.4, -0.2) is 22.4 Å². The molecular weight excluding hydrogens is 336 g/mol. The summed E-state index contributed by atoms with van der Waals surface area (Å²) in [4.78, 5) is 24.1. The molecule has 5 nitrogen and oxygen atoms in total. The molecule has 3 rings (SSSR count).